The zero-order chi connectivity index (χ0) is 33.0. The summed E-state index contributed by atoms with van der Waals surface area (Å²) < 4.78 is 5.00. The van der Waals surface area contributed by atoms with Crippen molar-refractivity contribution in [2.45, 2.75) is 18.9 Å². The van der Waals surface area contributed by atoms with E-state index in [2.05, 4.69) is 173 Å². The second-order valence-corrected chi connectivity index (χ2v) is 13.1. The van der Waals surface area contributed by atoms with Crippen molar-refractivity contribution in [1.29, 1.82) is 0 Å². The van der Waals surface area contributed by atoms with E-state index in [0.29, 0.717) is 0 Å². The number of hydrogen-bond donors (Lipinski definition) is 0. The van der Waals surface area contributed by atoms with E-state index in [0.717, 1.165) is 52.4 Å². The summed E-state index contributed by atoms with van der Waals surface area (Å²) >= 11 is 0. The van der Waals surface area contributed by atoms with Crippen LogP contribution in [0.25, 0.3) is 61.0 Å². The van der Waals surface area contributed by atoms with Gasteiger partial charge in [0, 0.05) is 34.0 Å². The number of rotatable bonds is 5. The second-order valence-electron chi connectivity index (χ2n) is 13.1. The minimum atomic E-state index is -0.0258. The van der Waals surface area contributed by atoms with Crippen LogP contribution in [0, 0.1) is 0 Å². The summed E-state index contributed by atoms with van der Waals surface area (Å²) in [7, 11) is 0. The van der Waals surface area contributed by atoms with E-state index in [-0.39, 0.29) is 6.04 Å². The fourth-order valence-electron chi connectivity index (χ4n) is 7.96. The zero-order valence-electron chi connectivity index (χ0n) is 27.4. The van der Waals surface area contributed by atoms with E-state index in [1.54, 1.807) is 6.33 Å². The molecule has 0 radical (unpaired) electrons. The molecule has 1 unspecified atom stereocenters. The number of hydrogen-bond acceptors (Lipinski definition) is 2. The van der Waals surface area contributed by atoms with Gasteiger partial charge in [0.25, 0.3) is 5.69 Å². The lowest BCUT2D eigenvalue weighted by Crippen LogP contribution is -2.31. The molecule has 0 saturated heterocycles. The molecule has 0 N–H and O–H groups in total. The monoisotopic (exact) mass is 641 g/mol. The number of benzene rings is 5. The Labute approximate surface area is 291 Å². The van der Waals surface area contributed by atoms with Crippen LogP contribution in [-0.4, -0.2) is 20.2 Å². The molecule has 7 aromatic rings. The molecule has 10 rings (SSSR count). The summed E-state index contributed by atoms with van der Waals surface area (Å²) in [6, 6.07) is 43.5. The van der Waals surface area contributed by atoms with Gasteiger partial charge in [0.05, 0.1) is 5.52 Å². The minimum Gasteiger partial charge on any atom is -0.318 e. The number of allylic oxidation sites excluding steroid dienone is 8. The third-order valence-electron chi connectivity index (χ3n) is 10.2. The van der Waals surface area contributed by atoms with Gasteiger partial charge in [0.15, 0.2) is 0 Å². The molecular weight excluding hydrogens is 609 g/mol. The Bertz CT molecular complexity index is 2560. The predicted molar refractivity (Wildman–Crippen MR) is 208 cm³/mol. The van der Waals surface area contributed by atoms with Crippen LogP contribution in [0.15, 0.2) is 170 Å². The average Bonchev–Trinajstić information content (AvgIpc) is 3.53. The largest absolute Gasteiger partial charge is 0.318 e. The van der Waals surface area contributed by atoms with Crippen molar-refractivity contribution in [3.8, 4) is 33.6 Å². The fourth-order valence-corrected chi connectivity index (χ4v) is 7.96. The van der Waals surface area contributed by atoms with Crippen LogP contribution in [0.2, 0.25) is 0 Å². The lowest BCUT2D eigenvalue weighted by molar-refractivity contribution is 0.780. The summed E-state index contributed by atoms with van der Waals surface area (Å²) in [4.78, 5) is 10.1. The molecule has 0 amide bonds. The first-order valence-electron chi connectivity index (χ1n) is 17.4. The van der Waals surface area contributed by atoms with Gasteiger partial charge in [0.2, 0.25) is 11.4 Å². The molecule has 0 bridgehead atoms. The van der Waals surface area contributed by atoms with Gasteiger partial charge >= 0.3 is 0 Å². The van der Waals surface area contributed by atoms with Gasteiger partial charge in [-0.1, -0.05) is 134 Å². The van der Waals surface area contributed by atoms with E-state index >= 15 is 0 Å². The Balaban J connectivity index is 1.36. The third-order valence-corrected chi connectivity index (χ3v) is 10.2. The van der Waals surface area contributed by atoms with E-state index in [9.17, 15) is 0 Å². The molecule has 3 heterocycles. The van der Waals surface area contributed by atoms with Gasteiger partial charge in [-0.3, -0.25) is 0 Å². The highest BCUT2D eigenvalue weighted by Gasteiger charge is 2.41. The molecule has 3 aliphatic rings. The van der Waals surface area contributed by atoms with Crippen molar-refractivity contribution in [1.82, 2.24) is 19.1 Å². The van der Waals surface area contributed by atoms with Gasteiger partial charge in [-0.2, -0.15) is 0 Å². The molecule has 1 atom stereocenters. The van der Waals surface area contributed by atoms with Gasteiger partial charge in [-0.15, -0.1) is 4.58 Å². The highest BCUT2D eigenvalue weighted by molar-refractivity contribution is 6.20. The highest BCUT2D eigenvalue weighted by atomic mass is 15.2. The Morgan fingerprint density at radius 1 is 0.600 bits per heavy atom. The molecule has 50 heavy (non-hydrogen) atoms. The van der Waals surface area contributed by atoms with Gasteiger partial charge in [-0.05, 0) is 53.3 Å². The first-order valence-corrected chi connectivity index (χ1v) is 17.4. The topological polar surface area (TPSA) is 33.7 Å². The Hall–Kier alpha value is -6.39. The van der Waals surface area contributed by atoms with E-state index in [1.165, 1.54) is 44.1 Å². The second kappa shape index (κ2) is 11.6. The lowest BCUT2D eigenvalue weighted by Gasteiger charge is -2.26. The molecule has 5 aromatic carbocycles. The molecular formula is C46H33N4+. The van der Waals surface area contributed by atoms with Crippen LogP contribution in [-0.2, 0) is 0 Å². The van der Waals surface area contributed by atoms with Gasteiger partial charge in [-0.25, -0.2) is 9.97 Å². The maximum absolute atomic E-state index is 5.03. The number of nitrogens with zero attached hydrogens (tertiary/aromatic N) is 4. The van der Waals surface area contributed by atoms with Crippen LogP contribution >= 0.6 is 0 Å². The molecule has 236 valence electrons. The first kappa shape index (κ1) is 28.6. The van der Waals surface area contributed by atoms with Crippen LogP contribution in [0.4, 0.5) is 11.4 Å². The average molecular weight is 642 g/mol. The normalized spacial score (nSPS) is 16.2. The predicted octanol–water partition coefficient (Wildman–Crippen LogP) is 11.3. The Kier molecular flexibility index (Phi) is 6.66. The lowest BCUT2D eigenvalue weighted by atomic mass is 9.96. The Morgan fingerprint density at radius 3 is 1.96 bits per heavy atom. The van der Waals surface area contributed by atoms with Crippen molar-refractivity contribution >= 4 is 44.5 Å². The molecule has 0 saturated carbocycles. The summed E-state index contributed by atoms with van der Waals surface area (Å²) in [6.07, 6.45) is 19.7. The molecule has 1 aliphatic heterocycles. The van der Waals surface area contributed by atoms with E-state index in [4.69, 9.17) is 9.97 Å². The SMILES string of the molecule is C1=CC2=[N+](c3c(-c4ccccc4)ncnc3-c3ccccc3)c3cc(-c4ccccc4)cc4c5cc(C6=CCCC=C6)ccc5n(c34)C2C=C1. The first-order chi connectivity index (χ1) is 24.8. The number of fused-ring (bicyclic) bond motifs is 5. The summed E-state index contributed by atoms with van der Waals surface area (Å²) in [5.74, 6) is 0. The van der Waals surface area contributed by atoms with Gasteiger partial charge in [0.1, 0.15) is 29.3 Å². The molecule has 0 spiro atoms. The smallest absolute Gasteiger partial charge is 0.264 e. The molecule has 0 fully saturated rings. The van der Waals surface area contributed by atoms with E-state index < -0.39 is 0 Å². The van der Waals surface area contributed by atoms with Crippen LogP contribution in [0.3, 0.4) is 0 Å². The molecule has 2 aromatic heterocycles. The Morgan fingerprint density at radius 2 is 1.28 bits per heavy atom. The quantitative estimate of drug-likeness (QED) is 0.175. The van der Waals surface area contributed by atoms with Crippen LogP contribution in [0.5, 0.6) is 0 Å². The minimum absolute atomic E-state index is 0.0258. The molecule has 2 aliphatic carbocycles. The van der Waals surface area contributed by atoms with Crippen LogP contribution in [0.1, 0.15) is 24.4 Å². The maximum Gasteiger partial charge on any atom is 0.264 e. The third kappa shape index (κ3) is 4.49. The van der Waals surface area contributed by atoms with Crippen molar-refractivity contribution in [2.24, 2.45) is 0 Å². The number of aromatic nitrogens is 3. The molecule has 4 nitrogen and oxygen atoms in total. The maximum atomic E-state index is 5.03. The summed E-state index contributed by atoms with van der Waals surface area (Å²) in [5.41, 5.74) is 14.5. The van der Waals surface area contributed by atoms with Gasteiger partial charge < -0.3 is 4.57 Å². The van der Waals surface area contributed by atoms with E-state index in [1.807, 2.05) is 0 Å². The summed E-state index contributed by atoms with van der Waals surface area (Å²) in [6.45, 7) is 0. The molecule has 4 heteroatoms. The van der Waals surface area contributed by atoms with Crippen molar-refractivity contribution in [3.63, 3.8) is 0 Å². The highest BCUT2D eigenvalue weighted by Crippen LogP contribution is 2.48. The zero-order valence-corrected chi connectivity index (χ0v) is 27.4. The standard InChI is InChI=1S/C46H33N4/c1-5-15-31(16-6-1)35-25-26-39-37(27-35)38-28-36(32-17-7-2-8-18-32)29-42-45(38)49(39)40-23-13-14-24-41(40)50(42)46-43(33-19-9-3-10-20-33)47-30-48-44(46)34-21-11-4-12-22-34/h2-5,7-30,40H,1,6H2/q+1. The van der Waals surface area contributed by atoms with Crippen molar-refractivity contribution in [3.05, 3.63) is 176 Å². The fraction of sp³-hybridized carbons (Fsp3) is 0.0652. The van der Waals surface area contributed by atoms with Crippen molar-refractivity contribution < 1.29 is 0 Å². The summed E-state index contributed by atoms with van der Waals surface area (Å²) in [5, 5.41) is 2.50. The van der Waals surface area contributed by atoms with Crippen LogP contribution < -0.4 is 4.58 Å². The van der Waals surface area contributed by atoms with Crippen molar-refractivity contribution in [2.75, 3.05) is 0 Å².